The van der Waals surface area contributed by atoms with E-state index in [0.29, 0.717) is 0 Å². The molecule has 0 atom stereocenters. The van der Waals surface area contributed by atoms with Crippen molar-refractivity contribution in [2.75, 3.05) is 4.90 Å². The zero-order valence-electron chi connectivity index (χ0n) is 35.0. The van der Waals surface area contributed by atoms with Gasteiger partial charge in [0.15, 0.2) is 0 Å². The smallest absolute Gasteiger partial charge is 0.0540 e. The molecule has 0 saturated heterocycles. The van der Waals surface area contributed by atoms with Crippen LogP contribution in [0.2, 0.25) is 0 Å². The van der Waals surface area contributed by atoms with Crippen LogP contribution >= 0.6 is 0 Å². The van der Waals surface area contributed by atoms with E-state index in [1.165, 1.54) is 83.1 Å². The van der Waals surface area contributed by atoms with Gasteiger partial charge in [0.1, 0.15) is 0 Å². The second-order valence-electron chi connectivity index (χ2n) is 16.8. The Morgan fingerprint density at radius 2 is 0.823 bits per heavy atom. The highest BCUT2D eigenvalue weighted by molar-refractivity contribution is 6.03. The normalized spacial score (nSPS) is 12.5. The van der Waals surface area contributed by atoms with Crippen molar-refractivity contribution in [1.82, 2.24) is 0 Å². The van der Waals surface area contributed by atoms with Crippen LogP contribution in [-0.4, -0.2) is 0 Å². The first-order chi connectivity index (χ1) is 30.5. The van der Waals surface area contributed by atoms with Gasteiger partial charge in [0.05, 0.1) is 5.69 Å². The topological polar surface area (TPSA) is 3.24 Å². The molecule has 0 bridgehead atoms. The Balaban J connectivity index is 1.18. The first-order valence-corrected chi connectivity index (χ1v) is 21.6. The molecule has 0 aliphatic heterocycles. The molecule has 294 valence electrons. The van der Waals surface area contributed by atoms with Crippen LogP contribution in [0.4, 0.5) is 17.1 Å². The fourth-order valence-electron chi connectivity index (χ4n) is 9.94. The Morgan fingerprint density at radius 1 is 0.306 bits per heavy atom. The number of anilines is 3. The molecule has 10 aromatic carbocycles. The molecular formula is C61H45N. The lowest BCUT2D eigenvalue weighted by atomic mass is 9.82. The molecule has 0 heterocycles. The average Bonchev–Trinajstić information content (AvgIpc) is 3.57. The van der Waals surface area contributed by atoms with Crippen LogP contribution in [0.15, 0.2) is 237 Å². The third kappa shape index (κ3) is 6.33. The van der Waals surface area contributed by atoms with Crippen molar-refractivity contribution < 1.29 is 0 Å². The van der Waals surface area contributed by atoms with Crippen LogP contribution in [0.25, 0.3) is 77.5 Å². The van der Waals surface area contributed by atoms with E-state index < -0.39 is 0 Å². The van der Waals surface area contributed by atoms with Gasteiger partial charge in [-0.3, -0.25) is 0 Å². The highest BCUT2D eigenvalue weighted by Crippen LogP contribution is 2.53. The molecule has 1 aliphatic carbocycles. The van der Waals surface area contributed by atoms with Gasteiger partial charge in [-0.15, -0.1) is 0 Å². The van der Waals surface area contributed by atoms with Crippen molar-refractivity contribution >= 4 is 27.8 Å². The predicted molar refractivity (Wildman–Crippen MR) is 263 cm³/mol. The molecular weight excluding hydrogens is 747 g/mol. The van der Waals surface area contributed by atoms with Crippen LogP contribution in [0.3, 0.4) is 0 Å². The third-order valence-electron chi connectivity index (χ3n) is 12.9. The number of benzene rings is 10. The maximum absolute atomic E-state index is 2.49. The molecule has 0 fully saturated rings. The van der Waals surface area contributed by atoms with Gasteiger partial charge < -0.3 is 4.90 Å². The minimum absolute atomic E-state index is 0.156. The van der Waals surface area contributed by atoms with E-state index >= 15 is 0 Å². The minimum atomic E-state index is -0.156. The highest BCUT2D eigenvalue weighted by atomic mass is 15.1. The van der Waals surface area contributed by atoms with Crippen LogP contribution in [0.5, 0.6) is 0 Å². The van der Waals surface area contributed by atoms with Crippen molar-refractivity contribution in [3.63, 3.8) is 0 Å². The summed E-state index contributed by atoms with van der Waals surface area (Å²) >= 11 is 0. The van der Waals surface area contributed by atoms with Gasteiger partial charge in [-0.1, -0.05) is 220 Å². The van der Waals surface area contributed by atoms with E-state index in [1.807, 2.05) is 0 Å². The number of para-hydroxylation sites is 1. The monoisotopic (exact) mass is 791 g/mol. The summed E-state index contributed by atoms with van der Waals surface area (Å²) in [5, 5.41) is 2.48. The van der Waals surface area contributed by atoms with Gasteiger partial charge in [0, 0.05) is 22.4 Å². The molecule has 0 amide bonds. The Bertz CT molecular complexity index is 3260. The van der Waals surface area contributed by atoms with Gasteiger partial charge in [0.25, 0.3) is 0 Å². The van der Waals surface area contributed by atoms with E-state index in [1.54, 1.807) is 0 Å². The van der Waals surface area contributed by atoms with E-state index in [9.17, 15) is 0 Å². The number of rotatable bonds is 8. The zero-order valence-corrected chi connectivity index (χ0v) is 35.0. The number of hydrogen-bond donors (Lipinski definition) is 0. The lowest BCUT2D eigenvalue weighted by Crippen LogP contribution is -2.17. The molecule has 0 unspecified atom stereocenters. The molecule has 1 aliphatic rings. The van der Waals surface area contributed by atoms with E-state index in [2.05, 4.69) is 255 Å². The first kappa shape index (κ1) is 37.3. The summed E-state index contributed by atoms with van der Waals surface area (Å²) in [6.45, 7) is 4.73. The van der Waals surface area contributed by atoms with E-state index in [-0.39, 0.29) is 5.41 Å². The van der Waals surface area contributed by atoms with Crippen molar-refractivity contribution in [3.05, 3.63) is 248 Å². The second kappa shape index (κ2) is 15.4. The van der Waals surface area contributed by atoms with Gasteiger partial charge in [-0.05, 0) is 113 Å². The van der Waals surface area contributed by atoms with Crippen LogP contribution in [0.1, 0.15) is 25.0 Å². The minimum Gasteiger partial charge on any atom is -0.310 e. The lowest BCUT2D eigenvalue weighted by Gasteiger charge is -2.31. The van der Waals surface area contributed by atoms with Crippen LogP contribution in [-0.2, 0) is 5.41 Å². The molecule has 0 radical (unpaired) electrons. The summed E-state index contributed by atoms with van der Waals surface area (Å²) in [5.74, 6) is 0. The lowest BCUT2D eigenvalue weighted by molar-refractivity contribution is 0.660. The van der Waals surface area contributed by atoms with Crippen molar-refractivity contribution in [3.8, 4) is 66.8 Å². The van der Waals surface area contributed by atoms with Gasteiger partial charge in [0.2, 0.25) is 0 Å². The predicted octanol–water partition coefficient (Wildman–Crippen LogP) is 17.0. The molecule has 10 aromatic rings. The molecule has 0 spiro atoms. The maximum Gasteiger partial charge on any atom is 0.0540 e. The molecule has 0 saturated carbocycles. The molecule has 1 nitrogen and oxygen atoms in total. The van der Waals surface area contributed by atoms with Gasteiger partial charge >= 0.3 is 0 Å². The number of fused-ring (bicyclic) bond motifs is 4. The second-order valence-corrected chi connectivity index (χ2v) is 16.8. The summed E-state index contributed by atoms with van der Waals surface area (Å²) in [5.41, 5.74) is 20.4. The van der Waals surface area contributed by atoms with Gasteiger partial charge in [-0.2, -0.15) is 0 Å². The van der Waals surface area contributed by atoms with Crippen LogP contribution < -0.4 is 4.90 Å². The molecule has 11 rings (SSSR count). The Morgan fingerprint density at radius 3 is 1.63 bits per heavy atom. The summed E-state index contributed by atoms with van der Waals surface area (Å²) < 4.78 is 0. The van der Waals surface area contributed by atoms with E-state index in [4.69, 9.17) is 0 Å². The number of nitrogens with zero attached hydrogens (tertiary/aromatic N) is 1. The molecule has 0 N–H and O–H groups in total. The highest BCUT2D eigenvalue weighted by Gasteiger charge is 2.36. The van der Waals surface area contributed by atoms with Gasteiger partial charge in [-0.25, -0.2) is 0 Å². The van der Waals surface area contributed by atoms with Crippen molar-refractivity contribution in [2.24, 2.45) is 0 Å². The Labute approximate surface area is 364 Å². The first-order valence-electron chi connectivity index (χ1n) is 21.6. The molecule has 62 heavy (non-hydrogen) atoms. The molecule has 0 aromatic heterocycles. The summed E-state index contributed by atoms with van der Waals surface area (Å²) in [7, 11) is 0. The zero-order chi connectivity index (χ0) is 41.6. The Kier molecular flexibility index (Phi) is 9.24. The van der Waals surface area contributed by atoms with Crippen LogP contribution in [0, 0.1) is 0 Å². The average molecular weight is 792 g/mol. The fraction of sp³-hybridized carbons (Fsp3) is 0.0492. The molecule has 1 heteroatoms. The fourth-order valence-corrected chi connectivity index (χ4v) is 9.94. The SMILES string of the molecule is CC1(C)c2ccccc2-c2ccc(N(c3cccc(-c4cccc5ccccc45)c3)c3ccccc3-c3cccc(-c4ccccc4)c3-c3ccccc3-c3ccccc3)cc21. The quantitative estimate of drug-likeness (QED) is 0.148. The maximum atomic E-state index is 2.49. The van der Waals surface area contributed by atoms with Crippen molar-refractivity contribution in [2.45, 2.75) is 19.3 Å². The largest absolute Gasteiger partial charge is 0.310 e. The van der Waals surface area contributed by atoms with E-state index in [0.717, 1.165) is 22.6 Å². The standard InChI is InChI=1S/C61H45N/c1-61(2)57-36-15-13-30-52(57)53-39-38-47(41-58(53)61)62(46-27-17-26-45(40-46)50-33-18-25-43-24-9-10-28-48(43)50)59-37-16-14-31-54(59)56-35-19-34-51(44-22-7-4-8-23-44)60(56)55-32-12-11-29-49(55)42-20-5-3-6-21-42/h3-41H,1-2H3. The van der Waals surface area contributed by atoms with Crippen molar-refractivity contribution in [1.29, 1.82) is 0 Å². The number of hydrogen-bond acceptors (Lipinski definition) is 1. The third-order valence-corrected chi connectivity index (χ3v) is 12.9. The summed E-state index contributed by atoms with van der Waals surface area (Å²) in [6, 6.07) is 86.8. The summed E-state index contributed by atoms with van der Waals surface area (Å²) in [4.78, 5) is 2.49. The summed E-state index contributed by atoms with van der Waals surface area (Å²) in [6.07, 6.45) is 0. The Hall–Kier alpha value is -7.74.